The van der Waals surface area contributed by atoms with Crippen LogP contribution in [0.1, 0.15) is 12.8 Å². The van der Waals surface area contributed by atoms with E-state index >= 15 is 0 Å². The molecule has 1 aromatic rings. The van der Waals surface area contributed by atoms with E-state index in [1.807, 2.05) is 24.3 Å². The number of benzene rings is 1. The first-order valence-corrected chi connectivity index (χ1v) is 6.40. The zero-order chi connectivity index (χ0) is 14.4. The average Bonchev–Trinajstić information content (AvgIpc) is 2.50. The summed E-state index contributed by atoms with van der Waals surface area (Å²) in [4.78, 5) is 2.16. The molecule has 1 heterocycles. The van der Waals surface area contributed by atoms with Crippen LogP contribution in [0.3, 0.4) is 0 Å². The lowest BCUT2D eigenvalue weighted by Gasteiger charge is -2.32. The Labute approximate surface area is 117 Å². The maximum atomic E-state index is 9.55. The number of aliphatic hydroxyl groups is 1. The molecule has 2 rings (SSSR count). The van der Waals surface area contributed by atoms with Crippen LogP contribution in [-0.4, -0.2) is 30.0 Å². The van der Waals surface area contributed by atoms with E-state index in [1.165, 1.54) is 0 Å². The second-order valence-corrected chi connectivity index (χ2v) is 4.53. The van der Waals surface area contributed by atoms with Gasteiger partial charge < -0.3 is 10.0 Å². The van der Waals surface area contributed by atoms with E-state index in [4.69, 9.17) is 10.5 Å². The van der Waals surface area contributed by atoms with Crippen LogP contribution in [0.2, 0.25) is 0 Å². The summed E-state index contributed by atoms with van der Waals surface area (Å²) in [5, 5.41) is 30.7. The third kappa shape index (κ3) is 3.25. The first kappa shape index (κ1) is 13.9. The van der Waals surface area contributed by atoms with Gasteiger partial charge in [0.15, 0.2) is 0 Å². The Balaban J connectivity index is 2.17. The summed E-state index contributed by atoms with van der Waals surface area (Å²) in [5.74, 6) is 0. The summed E-state index contributed by atoms with van der Waals surface area (Å²) < 4.78 is 0. The molecule has 1 aromatic carbocycles. The summed E-state index contributed by atoms with van der Waals surface area (Å²) >= 11 is 0. The molecule has 6 nitrogen and oxygen atoms in total. The second-order valence-electron chi connectivity index (χ2n) is 4.53. The van der Waals surface area contributed by atoms with Gasteiger partial charge in [-0.25, -0.2) is 0 Å². The van der Waals surface area contributed by atoms with Crippen molar-refractivity contribution in [2.24, 2.45) is 5.10 Å². The van der Waals surface area contributed by atoms with Gasteiger partial charge in [0.1, 0.15) is 12.1 Å². The van der Waals surface area contributed by atoms with E-state index in [9.17, 15) is 5.11 Å². The minimum atomic E-state index is -0.229. The van der Waals surface area contributed by atoms with Crippen LogP contribution in [0, 0.1) is 22.7 Å². The number of para-hydroxylation sites is 2. The van der Waals surface area contributed by atoms with Gasteiger partial charge in [0.25, 0.3) is 0 Å². The fourth-order valence-electron chi connectivity index (χ4n) is 2.14. The van der Waals surface area contributed by atoms with E-state index in [1.54, 1.807) is 12.1 Å². The fourth-order valence-corrected chi connectivity index (χ4v) is 2.14. The van der Waals surface area contributed by atoms with Gasteiger partial charge in [0.05, 0.1) is 17.5 Å². The Morgan fingerprint density at radius 2 is 1.90 bits per heavy atom. The molecule has 6 heteroatoms. The molecule has 0 unspecified atom stereocenters. The van der Waals surface area contributed by atoms with Crippen molar-refractivity contribution >= 4 is 17.1 Å². The van der Waals surface area contributed by atoms with Gasteiger partial charge >= 0.3 is 0 Å². The zero-order valence-electron chi connectivity index (χ0n) is 11.0. The van der Waals surface area contributed by atoms with Gasteiger partial charge in [-0.15, -0.1) is 0 Å². The predicted molar refractivity (Wildman–Crippen MR) is 76.2 cm³/mol. The van der Waals surface area contributed by atoms with E-state index in [2.05, 4.69) is 15.4 Å². The smallest absolute Gasteiger partial charge is 0.237 e. The number of aliphatic hydroxyl groups excluding tert-OH is 1. The van der Waals surface area contributed by atoms with Crippen LogP contribution in [0.4, 0.5) is 11.4 Å². The van der Waals surface area contributed by atoms with Crippen molar-refractivity contribution in [1.29, 1.82) is 10.5 Å². The average molecular weight is 269 g/mol. The topological polar surface area (TPSA) is 95.4 Å². The molecule has 0 spiro atoms. The van der Waals surface area contributed by atoms with E-state index in [0.29, 0.717) is 0 Å². The number of anilines is 2. The molecule has 0 amide bonds. The van der Waals surface area contributed by atoms with Crippen molar-refractivity contribution in [3.05, 3.63) is 24.3 Å². The largest absolute Gasteiger partial charge is 0.393 e. The minimum Gasteiger partial charge on any atom is -0.393 e. The highest BCUT2D eigenvalue weighted by Gasteiger charge is 2.19. The van der Waals surface area contributed by atoms with E-state index in [0.717, 1.165) is 37.3 Å². The SMILES string of the molecule is N#CC(C#N)=NNc1ccccc1N1CCC(O)CC1. The third-order valence-electron chi connectivity index (χ3n) is 3.21. The monoisotopic (exact) mass is 269 g/mol. The number of rotatable bonds is 3. The first-order valence-electron chi connectivity index (χ1n) is 6.40. The third-order valence-corrected chi connectivity index (χ3v) is 3.21. The van der Waals surface area contributed by atoms with Gasteiger partial charge in [-0.1, -0.05) is 12.1 Å². The molecular formula is C14H15N5O. The highest BCUT2D eigenvalue weighted by Crippen LogP contribution is 2.28. The first-order chi connectivity index (χ1) is 9.74. The lowest BCUT2D eigenvalue weighted by atomic mass is 10.1. The fraction of sp³-hybridized carbons (Fsp3) is 0.357. The van der Waals surface area contributed by atoms with Crippen molar-refractivity contribution in [1.82, 2.24) is 0 Å². The molecule has 0 aliphatic carbocycles. The van der Waals surface area contributed by atoms with Crippen LogP contribution >= 0.6 is 0 Å². The van der Waals surface area contributed by atoms with Gasteiger partial charge in [-0.3, -0.25) is 5.43 Å². The molecular weight excluding hydrogens is 254 g/mol. The molecule has 1 fully saturated rings. The number of nitrogens with one attached hydrogen (secondary N) is 1. The molecule has 0 bridgehead atoms. The standard InChI is InChI=1S/C14H15N5O/c15-9-11(10-16)17-18-13-3-1-2-4-14(13)19-7-5-12(20)6-8-19/h1-4,12,18,20H,5-8H2. The summed E-state index contributed by atoms with van der Waals surface area (Å²) in [5.41, 5.74) is 4.25. The quantitative estimate of drug-likeness (QED) is 0.640. The summed E-state index contributed by atoms with van der Waals surface area (Å²) in [6.45, 7) is 1.54. The minimum absolute atomic E-state index is 0.214. The van der Waals surface area contributed by atoms with Gasteiger partial charge in [-0.05, 0) is 25.0 Å². The number of nitriles is 2. The summed E-state index contributed by atoms with van der Waals surface area (Å²) in [7, 11) is 0. The van der Waals surface area contributed by atoms with Crippen molar-refractivity contribution in [2.45, 2.75) is 18.9 Å². The lowest BCUT2D eigenvalue weighted by molar-refractivity contribution is 0.145. The van der Waals surface area contributed by atoms with Crippen LogP contribution in [0.25, 0.3) is 0 Å². The van der Waals surface area contributed by atoms with Crippen molar-refractivity contribution in [2.75, 3.05) is 23.4 Å². The van der Waals surface area contributed by atoms with Crippen molar-refractivity contribution < 1.29 is 5.11 Å². The van der Waals surface area contributed by atoms with Crippen LogP contribution in [-0.2, 0) is 0 Å². The Morgan fingerprint density at radius 3 is 2.55 bits per heavy atom. The van der Waals surface area contributed by atoms with Crippen LogP contribution in [0.15, 0.2) is 29.4 Å². The molecule has 0 saturated carbocycles. The highest BCUT2D eigenvalue weighted by atomic mass is 16.3. The zero-order valence-corrected chi connectivity index (χ0v) is 11.0. The Bertz CT molecular complexity index is 560. The molecule has 0 radical (unpaired) electrons. The molecule has 102 valence electrons. The highest BCUT2D eigenvalue weighted by molar-refractivity contribution is 6.10. The number of piperidine rings is 1. The maximum Gasteiger partial charge on any atom is 0.237 e. The number of hydrazone groups is 1. The summed E-state index contributed by atoms with van der Waals surface area (Å²) in [6, 6.07) is 11.0. The Hall–Kier alpha value is -2.57. The van der Waals surface area contributed by atoms with E-state index in [-0.39, 0.29) is 11.8 Å². The van der Waals surface area contributed by atoms with Gasteiger partial charge in [-0.2, -0.15) is 15.6 Å². The van der Waals surface area contributed by atoms with E-state index < -0.39 is 0 Å². The summed E-state index contributed by atoms with van der Waals surface area (Å²) in [6.07, 6.45) is 1.24. The number of hydrogen-bond donors (Lipinski definition) is 2. The predicted octanol–water partition coefficient (Wildman–Crippen LogP) is 1.46. The van der Waals surface area contributed by atoms with Crippen molar-refractivity contribution in [3.63, 3.8) is 0 Å². The number of nitrogens with zero attached hydrogens (tertiary/aromatic N) is 4. The van der Waals surface area contributed by atoms with Crippen LogP contribution < -0.4 is 10.3 Å². The maximum absolute atomic E-state index is 9.55. The molecule has 2 N–H and O–H groups in total. The Morgan fingerprint density at radius 1 is 1.25 bits per heavy atom. The second kappa shape index (κ2) is 6.55. The Kier molecular flexibility index (Phi) is 4.54. The molecule has 20 heavy (non-hydrogen) atoms. The number of hydrogen-bond acceptors (Lipinski definition) is 6. The van der Waals surface area contributed by atoms with Crippen molar-refractivity contribution in [3.8, 4) is 12.1 Å². The van der Waals surface area contributed by atoms with Crippen LogP contribution in [0.5, 0.6) is 0 Å². The lowest BCUT2D eigenvalue weighted by Crippen LogP contribution is -2.36. The molecule has 0 atom stereocenters. The molecule has 0 aromatic heterocycles. The molecule has 1 saturated heterocycles. The molecule has 1 aliphatic heterocycles. The molecule has 1 aliphatic rings. The van der Waals surface area contributed by atoms with Gasteiger partial charge in [0.2, 0.25) is 5.71 Å². The normalized spacial score (nSPS) is 15.1. The van der Waals surface area contributed by atoms with Gasteiger partial charge in [0, 0.05) is 13.1 Å².